The fourth-order valence-corrected chi connectivity index (χ4v) is 3.64. The van der Waals surface area contributed by atoms with E-state index in [2.05, 4.69) is 51.8 Å². The molecule has 0 bridgehead atoms. The number of nitrogens with zero attached hydrogens (tertiary/aromatic N) is 6. The molecule has 24 heavy (non-hydrogen) atoms. The van der Waals surface area contributed by atoms with Crippen LogP contribution in [0.15, 0.2) is 12.1 Å². The average molecular weight is 322 g/mol. The molecule has 6 nitrogen and oxygen atoms in total. The number of aromatic nitrogens is 1. The fraction of sp³-hybridized carbons (Fsp3) is 0.588. The minimum atomic E-state index is 0.163. The molecule has 124 valence electrons. The lowest BCUT2D eigenvalue weighted by Gasteiger charge is -2.39. The predicted molar refractivity (Wildman–Crippen MR) is 96.5 cm³/mol. The van der Waals surface area contributed by atoms with Crippen LogP contribution in [0.2, 0.25) is 12.6 Å². The van der Waals surface area contributed by atoms with Gasteiger partial charge in [0.25, 0.3) is 6.71 Å². The fourth-order valence-electron chi connectivity index (χ4n) is 3.64. The Morgan fingerprint density at radius 2 is 1.92 bits per heavy atom. The van der Waals surface area contributed by atoms with E-state index in [1.807, 2.05) is 6.07 Å². The van der Waals surface area contributed by atoms with Crippen LogP contribution in [0.25, 0.3) is 0 Å². The molecule has 0 aliphatic carbocycles. The smallest absolute Gasteiger partial charge is 0.271 e. The van der Waals surface area contributed by atoms with Crippen molar-refractivity contribution in [3.05, 3.63) is 17.8 Å². The van der Waals surface area contributed by atoms with Crippen molar-refractivity contribution in [2.24, 2.45) is 0 Å². The van der Waals surface area contributed by atoms with Crippen LogP contribution in [0.1, 0.15) is 12.6 Å². The molecule has 3 rings (SSSR count). The van der Waals surface area contributed by atoms with Crippen LogP contribution in [0.5, 0.6) is 0 Å². The van der Waals surface area contributed by atoms with E-state index in [4.69, 9.17) is 5.26 Å². The van der Waals surface area contributed by atoms with E-state index in [1.54, 1.807) is 0 Å². The predicted octanol–water partition coefficient (Wildman–Crippen LogP) is 1.47. The van der Waals surface area contributed by atoms with Crippen LogP contribution in [-0.2, 0) is 0 Å². The van der Waals surface area contributed by atoms with Gasteiger partial charge >= 0.3 is 0 Å². The number of hydrogen-bond acceptors (Lipinski definition) is 6. The zero-order valence-corrected chi connectivity index (χ0v) is 14.4. The molecule has 2 fully saturated rings. The number of piperazine rings is 1. The van der Waals surface area contributed by atoms with Gasteiger partial charge in [-0.3, -0.25) is 0 Å². The molecular formula is C17H23BN6. The first kappa shape index (κ1) is 16.6. The minimum absolute atomic E-state index is 0.163. The first-order valence-corrected chi connectivity index (χ1v) is 8.62. The maximum absolute atomic E-state index is 9.37. The van der Waals surface area contributed by atoms with E-state index in [9.17, 15) is 5.26 Å². The van der Waals surface area contributed by atoms with Crippen molar-refractivity contribution >= 4 is 18.2 Å². The molecule has 0 aromatic carbocycles. The summed E-state index contributed by atoms with van der Waals surface area (Å²) in [5, 5.41) is 18.4. The van der Waals surface area contributed by atoms with Crippen molar-refractivity contribution in [2.75, 3.05) is 49.6 Å². The maximum Gasteiger partial charge on any atom is 0.271 e. The standard InChI is InChI=1S/C17H23BN6/c1-14-12-22(2)7-8-24(14)17-10-16(9-15(11-19)21-17)23-5-3-18(13-20)4-6-23/h9-10,14H,3-8,12H2,1-2H3/t14-/m0/s1. The Kier molecular flexibility index (Phi) is 4.92. The molecule has 3 heterocycles. The van der Waals surface area contributed by atoms with Crippen LogP contribution in [0, 0.1) is 22.6 Å². The first-order chi connectivity index (χ1) is 11.6. The van der Waals surface area contributed by atoms with E-state index in [1.165, 1.54) is 0 Å². The third-order valence-corrected chi connectivity index (χ3v) is 5.08. The summed E-state index contributed by atoms with van der Waals surface area (Å²) in [6.45, 7) is 7.03. The van der Waals surface area contributed by atoms with E-state index < -0.39 is 0 Å². The van der Waals surface area contributed by atoms with Gasteiger partial charge in [0.05, 0.1) is 0 Å². The van der Waals surface area contributed by atoms with Crippen LogP contribution < -0.4 is 9.80 Å². The maximum atomic E-state index is 9.37. The van der Waals surface area contributed by atoms with Gasteiger partial charge in [0, 0.05) is 56.5 Å². The van der Waals surface area contributed by atoms with Crippen molar-refractivity contribution in [3.8, 4) is 12.0 Å². The highest BCUT2D eigenvalue weighted by atomic mass is 15.3. The molecule has 0 N–H and O–H groups in total. The van der Waals surface area contributed by atoms with E-state index in [-0.39, 0.29) is 6.71 Å². The summed E-state index contributed by atoms with van der Waals surface area (Å²) in [4.78, 5) is 11.4. The average Bonchev–Trinajstić information content (AvgIpc) is 2.61. The number of likely N-dealkylation sites (N-methyl/N-ethyl adjacent to an activating group) is 1. The Balaban J connectivity index is 1.84. The summed E-state index contributed by atoms with van der Waals surface area (Å²) < 4.78 is 0. The second-order valence-electron chi connectivity index (χ2n) is 6.88. The van der Waals surface area contributed by atoms with Crippen LogP contribution in [0.3, 0.4) is 0 Å². The third-order valence-electron chi connectivity index (χ3n) is 5.08. The lowest BCUT2D eigenvalue weighted by Crippen LogP contribution is -2.51. The number of rotatable bonds is 2. The van der Waals surface area contributed by atoms with Crippen molar-refractivity contribution in [1.29, 1.82) is 10.5 Å². The summed E-state index contributed by atoms with van der Waals surface area (Å²) in [5.41, 5.74) is 1.52. The Morgan fingerprint density at radius 3 is 2.54 bits per heavy atom. The Labute approximate surface area is 144 Å². The summed E-state index contributed by atoms with van der Waals surface area (Å²) in [7, 11) is 2.14. The molecule has 2 aliphatic rings. The SMILES string of the molecule is C[C@H]1CN(C)CCN1c1cc(N2CCB(C#N)CC2)cc(C#N)n1. The molecular weight excluding hydrogens is 299 g/mol. The topological polar surface area (TPSA) is 70.2 Å². The van der Waals surface area contributed by atoms with Crippen molar-refractivity contribution in [3.63, 3.8) is 0 Å². The van der Waals surface area contributed by atoms with Crippen molar-refractivity contribution in [1.82, 2.24) is 9.88 Å². The highest BCUT2D eigenvalue weighted by molar-refractivity contribution is 6.67. The second-order valence-corrected chi connectivity index (χ2v) is 6.88. The lowest BCUT2D eigenvalue weighted by molar-refractivity contribution is 0.274. The van der Waals surface area contributed by atoms with Gasteiger partial charge in [0.2, 0.25) is 0 Å². The van der Waals surface area contributed by atoms with Gasteiger partial charge in [-0.15, -0.1) is 0 Å². The Morgan fingerprint density at radius 1 is 1.17 bits per heavy atom. The van der Waals surface area contributed by atoms with Gasteiger partial charge in [-0.05, 0) is 32.7 Å². The molecule has 2 saturated heterocycles. The number of nitriles is 2. The van der Waals surface area contributed by atoms with E-state index >= 15 is 0 Å². The number of hydrogen-bond donors (Lipinski definition) is 0. The van der Waals surface area contributed by atoms with Gasteiger partial charge in [-0.2, -0.15) is 5.26 Å². The van der Waals surface area contributed by atoms with Gasteiger partial charge in [0.1, 0.15) is 17.6 Å². The highest BCUT2D eigenvalue weighted by Gasteiger charge is 2.26. The van der Waals surface area contributed by atoms with Crippen LogP contribution in [0.4, 0.5) is 11.5 Å². The lowest BCUT2D eigenvalue weighted by atomic mass is 9.45. The van der Waals surface area contributed by atoms with Gasteiger partial charge in [-0.1, -0.05) is 0 Å². The Bertz CT molecular complexity index is 671. The van der Waals surface area contributed by atoms with Gasteiger partial charge in [-0.25, -0.2) is 10.2 Å². The number of pyridine rings is 1. The normalized spacial score (nSPS) is 22.2. The summed E-state index contributed by atoms with van der Waals surface area (Å²) in [6.07, 6.45) is 1.78. The molecule has 7 heteroatoms. The van der Waals surface area contributed by atoms with Gasteiger partial charge in [0.15, 0.2) is 0 Å². The molecule has 2 aliphatic heterocycles. The minimum Gasteiger partial charge on any atom is -0.373 e. The third kappa shape index (κ3) is 3.47. The summed E-state index contributed by atoms with van der Waals surface area (Å²) in [5.74, 6) is 3.26. The molecule has 0 radical (unpaired) electrons. The number of anilines is 2. The van der Waals surface area contributed by atoms with E-state index in [0.29, 0.717) is 11.7 Å². The quantitative estimate of drug-likeness (QED) is 0.768. The van der Waals surface area contributed by atoms with Crippen LogP contribution in [-0.4, -0.2) is 62.4 Å². The molecule has 1 aromatic heterocycles. The zero-order chi connectivity index (χ0) is 17.1. The molecule has 1 atom stereocenters. The summed E-state index contributed by atoms with van der Waals surface area (Å²) in [6, 6.07) is 6.56. The van der Waals surface area contributed by atoms with Crippen molar-refractivity contribution in [2.45, 2.75) is 25.6 Å². The Hall–Kier alpha value is -2.25. The zero-order valence-electron chi connectivity index (χ0n) is 14.4. The van der Waals surface area contributed by atoms with E-state index in [0.717, 1.165) is 56.9 Å². The molecule has 0 saturated carbocycles. The summed E-state index contributed by atoms with van der Waals surface area (Å²) >= 11 is 0. The largest absolute Gasteiger partial charge is 0.373 e. The molecule has 1 aromatic rings. The first-order valence-electron chi connectivity index (χ1n) is 8.62. The second kappa shape index (κ2) is 7.11. The van der Waals surface area contributed by atoms with Crippen molar-refractivity contribution < 1.29 is 0 Å². The molecule has 0 spiro atoms. The van der Waals surface area contributed by atoms with Crippen LogP contribution >= 0.6 is 0 Å². The highest BCUT2D eigenvalue weighted by Crippen LogP contribution is 2.27. The molecule has 0 amide bonds. The molecule has 0 unspecified atom stereocenters. The monoisotopic (exact) mass is 322 g/mol. The van der Waals surface area contributed by atoms with Gasteiger partial charge < -0.3 is 14.7 Å².